The van der Waals surface area contributed by atoms with Gasteiger partial charge >= 0.3 is 6.73 Å². The van der Waals surface area contributed by atoms with Crippen LogP contribution in [0.4, 0.5) is 0 Å². The Bertz CT molecular complexity index is 912. The molecule has 4 rings (SSSR count). The monoisotopic (exact) mass is 507 g/mol. The number of aryl methyl sites for hydroxylation is 2. The van der Waals surface area contributed by atoms with Gasteiger partial charge in [0.25, 0.3) is 0 Å². The third-order valence-corrected chi connectivity index (χ3v) is 6.21. The molecule has 0 spiro atoms. The first kappa shape index (κ1) is 27.5. The lowest BCUT2D eigenvalue weighted by atomic mass is 9.86. The molecule has 3 aromatic rings. The van der Waals surface area contributed by atoms with Crippen LogP contribution in [-0.2, 0) is 12.8 Å². The van der Waals surface area contributed by atoms with Crippen LogP contribution in [0.15, 0.2) is 48.5 Å². The van der Waals surface area contributed by atoms with Crippen LogP contribution >= 0.6 is 33.2 Å². The molecule has 0 heterocycles. The molecule has 0 aromatic heterocycles. The minimum absolute atomic E-state index is 1.25. The molecule has 175 valence electrons. The second-order valence-corrected chi connectivity index (χ2v) is 14.2. The van der Waals surface area contributed by atoms with E-state index in [0.717, 1.165) is 0 Å². The van der Waals surface area contributed by atoms with Gasteiger partial charge in [0.1, 0.15) is 0 Å². The van der Waals surface area contributed by atoms with Gasteiger partial charge in [-0.15, -0.1) is 33.2 Å². The summed E-state index contributed by atoms with van der Waals surface area (Å²) >= 11 is 14.7. The molecule has 0 amide bonds. The molecule has 1 radical (unpaired) electrons. The quantitative estimate of drug-likeness (QED) is 0.129. The second-order valence-electron chi connectivity index (χ2n) is 8.63. The van der Waals surface area contributed by atoms with Crippen LogP contribution < -0.4 is 0 Å². The molecule has 0 nitrogen and oxygen atoms in total. The first-order valence-electron chi connectivity index (χ1n) is 12.3. The highest BCUT2D eigenvalue weighted by molar-refractivity contribution is 7.54. The number of hydrogen-bond donors (Lipinski definition) is 0. The number of benzene rings is 3. The minimum Gasteiger partial charge on any atom is -0.125 e. The Morgan fingerprint density at radius 2 is 1.19 bits per heavy atom. The molecular weight excluding hydrogens is 471 g/mol. The maximum atomic E-state index is 4.91. The van der Waals surface area contributed by atoms with Gasteiger partial charge in [-0.3, -0.25) is 0 Å². The number of halogens is 3. The Hall–Kier alpha value is -0.733. The lowest BCUT2D eigenvalue weighted by molar-refractivity contribution is 0.585. The lowest BCUT2D eigenvalue weighted by Crippen LogP contribution is -2.02. The minimum atomic E-state index is -1.46. The second kappa shape index (κ2) is 16.0. The van der Waals surface area contributed by atoms with Crippen molar-refractivity contribution in [1.29, 1.82) is 0 Å². The fraction of sp³-hybridized carbons (Fsp3) is 0.500. The normalized spacial score (nSPS) is 12.7. The average Bonchev–Trinajstić information content (AvgIpc) is 2.81. The van der Waals surface area contributed by atoms with E-state index in [2.05, 4.69) is 62.4 Å². The van der Waals surface area contributed by atoms with Crippen molar-refractivity contribution in [2.45, 2.75) is 90.9 Å². The number of fused-ring (bicyclic) bond motifs is 5. The van der Waals surface area contributed by atoms with Gasteiger partial charge in [0.2, 0.25) is 0 Å². The van der Waals surface area contributed by atoms with Gasteiger partial charge in [-0.2, -0.15) is 0 Å². The summed E-state index contributed by atoms with van der Waals surface area (Å²) in [6.07, 6.45) is 16.7. The van der Waals surface area contributed by atoms with Gasteiger partial charge in [0.15, 0.2) is 0 Å². The molecule has 1 aliphatic rings. The van der Waals surface area contributed by atoms with E-state index >= 15 is 0 Å². The Kier molecular flexibility index (Phi) is 13.7. The Morgan fingerprint density at radius 3 is 1.84 bits per heavy atom. The molecule has 0 unspecified atom stereocenters. The predicted molar refractivity (Wildman–Crippen MR) is 150 cm³/mol. The van der Waals surface area contributed by atoms with Crippen molar-refractivity contribution in [2.24, 2.45) is 0 Å². The van der Waals surface area contributed by atoms with Crippen LogP contribution in [0.1, 0.15) is 89.2 Å². The van der Waals surface area contributed by atoms with E-state index < -0.39 is 6.73 Å². The van der Waals surface area contributed by atoms with Crippen molar-refractivity contribution in [3.63, 3.8) is 0 Å². The predicted octanol–water partition coefficient (Wildman–Crippen LogP) is 10.7. The van der Waals surface area contributed by atoms with Gasteiger partial charge in [-0.25, -0.2) is 0 Å². The molecule has 0 aliphatic heterocycles. The van der Waals surface area contributed by atoms with E-state index in [0.29, 0.717) is 0 Å². The molecule has 0 N–H and O–H groups in total. The highest BCUT2D eigenvalue weighted by Gasteiger charge is 2.13. The summed E-state index contributed by atoms with van der Waals surface area (Å²) in [6, 6.07) is 18.0. The fourth-order valence-electron chi connectivity index (χ4n) is 4.55. The smallest absolute Gasteiger partial charge is 0.125 e. The summed E-state index contributed by atoms with van der Waals surface area (Å²) in [5, 5.41) is 5.64. The van der Waals surface area contributed by atoms with Crippen molar-refractivity contribution in [2.75, 3.05) is 0 Å². The van der Waals surface area contributed by atoms with Crippen molar-refractivity contribution in [1.82, 2.24) is 0 Å². The summed E-state index contributed by atoms with van der Waals surface area (Å²) in [4.78, 5) is 0. The standard InChI is InChI=1S/C18H16.C10H22.Cl3Si/c1-3-7-15-13(5-1)9-11-18-16-8-4-2-6-14(16)10-12-17(15)18;1-3-5-7-9-10-8-6-4-2;1-4(2)3/h1,3,5,7,9-12H,2,4,6,8H2;3-10H2,1-2H3;. The van der Waals surface area contributed by atoms with Crippen molar-refractivity contribution < 1.29 is 0 Å². The van der Waals surface area contributed by atoms with Crippen molar-refractivity contribution in [3.8, 4) is 0 Å². The van der Waals surface area contributed by atoms with Crippen LogP contribution in [0.5, 0.6) is 0 Å². The number of rotatable bonds is 7. The van der Waals surface area contributed by atoms with Gasteiger partial charge in [-0.1, -0.05) is 114 Å². The zero-order valence-corrected chi connectivity index (χ0v) is 23.0. The number of unbranched alkanes of at least 4 members (excludes halogenated alkanes) is 7. The van der Waals surface area contributed by atoms with Crippen molar-refractivity contribution >= 4 is 61.5 Å². The van der Waals surface area contributed by atoms with Crippen LogP contribution in [0.3, 0.4) is 0 Å². The third-order valence-electron chi connectivity index (χ3n) is 6.21. The Labute approximate surface area is 211 Å². The Morgan fingerprint density at radius 1 is 0.625 bits per heavy atom. The summed E-state index contributed by atoms with van der Waals surface area (Å²) in [6.45, 7) is 3.08. The summed E-state index contributed by atoms with van der Waals surface area (Å²) < 4.78 is 0. The highest BCUT2D eigenvalue weighted by atomic mass is 35.8. The molecule has 0 saturated carbocycles. The molecule has 32 heavy (non-hydrogen) atoms. The highest BCUT2D eigenvalue weighted by Crippen LogP contribution is 2.33. The molecule has 0 atom stereocenters. The van der Waals surface area contributed by atoms with E-state index in [-0.39, 0.29) is 0 Å². The zero-order chi connectivity index (χ0) is 23.2. The van der Waals surface area contributed by atoms with Crippen LogP contribution in [-0.4, -0.2) is 6.73 Å². The summed E-state index contributed by atoms with van der Waals surface area (Å²) in [5.41, 5.74) is 3.17. The van der Waals surface area contributed by atoms with E-state index in [9.17, 15) is 0 Å². The van der Waals surface area contributed by atoms with Gasteiger partial charge in [0.05, 0.1) is 0 Å². The largest absolute Gasteiger partial charge is 0.376 e. The van der Waals surface area contributed by atoms with Crippen molar-refractivity contribution in [3.05, 3.63) is 59.7 Å². The number of hydrogen-bond acceptors (Lipinski definition) is 0. The maximum Gasteiger partial charge on any atom is 0.376 e. The van der Waals surface area contributed by atoms with Gasteiger partial charge in [0, 0.05) is 0 Å². The van der Waals surface area contributed by atoms with E-state index in [4.69, 9.17) is 33.2 Å². The first-order valence-corrected chi connectivity index (χ1v) is 16.9. The third kappa shape index (κ3) is 9.25. The molecule has 0 saturated heterocycles. The maximum absolute atomic E-state index is 4.91. The van der Waals surface area contributed by atoms with E-state index in [1.807, 2.05) is 0 Å². The van der Waals surface area contributed by atoms with E-state index in [1.54, 1.807) is 11.1 Å². The van der Waals surface area contributed by atoms with Crippen LogP contribution in [0, 0.1) is 0 Å². The molecule has 4 heteroatoms. The molecular formula is C28H38Cl3Si. The van der Waals surface area contributed by atoms with Crippen LogP contribution in [0.2, 0.25) is 0 Å². The average molecular weight is 509 g/mol. The first-order chi connectivity index (χ1) is 15.6. The molecule has 0 bridgehead atoms. The lowest BCUT2D eigenvalue weighted by Gasteiger charge is -2.18. The topological polar surface area (TPSA) is 0 Å². The molecule has 0 fully saturated rings. The molecule has 1 aliphatic carbocycles. The SMILES string of the molecule is CCCCCCCCCC.Cl[Si](Cl)Cl.c1ccc2c(c1)ccc1c3c(ccc12)CCCC3. The van der Waals surface area contributed by atoms with Gasteiger partial charge in [-0.05, 0) is 58.4 Å². The zero-order valence-electron chi connectivity index (χ0n) is 19.7. The van der Waals surface area contributed by atoms with Crippen LogP contribution in [0.25, 0.3) is 21.5 Å². The Balaban J connectivity index is 0.000000222. The fourth-order valence-corrected chi connectivity index (χ4v) is 4.55. The summed E-state index contributed by atoms with van der Waals surface area (Å²) in [5.74, 6) is 0. The van der Waals surface area contributed by atoms with E-state index in [1.165, 1.54) is 98.6 Å². The van der Waals surface area contributed by atoms with Gasteiger partial charge < -0.3 is 0 Å². The molecule has 3 aromatic carbocycles. The summed E-state index contributed by atoms with van der Waals surface area (Å²) in [7, 11) is 0.